The molecule has 0 fully saturated rings. The predicted octanol–water partition coefficient (Wildman–Crippen LogP) is 3.25. The van der Waals surface area contributed by atoms with E-state index in [2.05, 4.69) is 10.6 Å². The van der Waals surface area contributed by atoms with Gasteiger partial charge in [-0.15, -0.1) is 0 Å². The van der Waals surface area contributed by atoms with E-state index in [-0.39, 0.29) is 6.04 Å². The van der Waals surface area contributed by atoms with Gasteiger partial charge >= 0.3 is 6.18 Å². The summed E-state index contributed by atoms with van der Waals surface area (Å²) < 4.78 is 36.0. The van der Waals surface area contributed by atoms with Crippen LogP contribution in [0.3, 0.4) is 0 Å². The van der Waals surface area contributed by atoms with Crippen molar-refractivity contribution in [1.82, 2.24) is 5.32 Å². The first-order chi connectivity index (χ1) is 8.81. The zero-order chi connectivity index (χ0) is 14.5. The topological polar surface area (TPSA) is 41.1 Å². The minimum absolute atomic E-state index is 0.157. The van der Waals surface area contributed by atoms with Crippen molar-refractivity contribution < 1.29 is 18.0 Å². The molecule has 106 valence electrons. The molecule has 1 aromatic rings. The number of rotatable bonds is 5. The molecule has 1 aromatic carbocycles. The van der Waals surface area contributed by atoms with Crippen molar-refractivity contribution in [3.05, 3.63) is 29.8 Å². The van der Waals surface area contributed by atoms with Gasteiger partial charge in [-0.1, -0.05) is 19.1 Å². The van der Waals surface area contributed by atoms with Crippen molar-refractivity contribution in [3.63, 3.8) is 0 Å². The molecule has 1 unspecified atom stereocenters. The summed E-state index contributed by atoms with van der Waals surface area (Å²) in [5, 5.41) is 5.43. The third-order valence-corrected chi connectivity index (χ3v) is 2.57. The normalized spacial score (nSPS) is 13.1. The maximum absolute atomic E-state index is 12.0. The van der Waals surface area contributed by atoms with Gasteiger partial charge in [0.15, 0.2) is 0 Å². The fourth-order valence-electron chi connectivity index (χ4n) is 1.67. The monoisotopic (exact) mass is 274 g/mol. The van der Waals surface area contributed by atoms with Gasteiger partial charge in [-0.3, -0.25) is 4.79 Å². The molecule has 0 saturated carbocycles. The van der Waals surface area contributed by atoms with E-state index in [4.69, 9.17) is 0 Å². The third-order valence-electron chi connectivity index (χ3n) is 2.57. The van der Waals surface area contributed by atoms with E-state index in [1.165, 1.54) is 0 Å². The largest absolute Gasteiger partial charge is 0.397 e. The Balaban J connectivity index is 2.59. The number of hydrogen-bond donors (Lipinski definition) is 2. The molecular formula is C13H17F3N2O. The summed E-state index contributed by atoms with van der Waals surface area (Å²) >= 11 is 0. The Morgan fingerprint density at radius 3 is 2.32 bits per heavy atom. The van der Waals surface area contributed by atoms with Gasteiger partial charge in [-0.2, -0.15) is 13.2 Å². The maximum Gasteiger partial charge on any atom is 0.397 e. The molecule has 0 aromatic heterocycles. The van der Waals surface area contributed by atoms with Gasteiger partial charge in [0.1, 0.15) is 6.42 Å². The number of benzene rings is 1. The van der Waals surface area contributed by atoms with Crippen LogP contribution in [0.1, 0.15) is 31.9 Å². The summed E-state index contributed by atoms with van der Waals surface area (Å²) in [4.78, 5) is 11.1. The van der Waals surface area contributed by atoms with Crippen LogP contribution in [-0.4, -0.2) is 18.6 Å². The average molecular weight is 274 g/mol. The van der Waals surface area contributed by atoms with Gasteiger partial charge in [-0.05, 0) is 31.2 Å². The quantitative estimate of drug-likeness (QED) is 0.865. The predicted molar refractivity (Wildman–Crippen MR) is 67.8 cm³/mol. The summed E-state index contributed by atoms with van der Waals surface area (Å²) in [5.74, 6) is -1.06. The van der Waals surface area contributed by atoms with Gasteiger partial charge < -0.3 is 10.6 Å². The van der Waals surface area contributed by atoms with Crippen LogP contribution in [0.2, 0.25) is 0 Å². The van der Waals surface area contributed by atoms with Crippen molar-refractivity contribution in [2.45, 2.75) is 32.5 Å². The molecule has 1 rings (SSSR count). The number of halogens is 3. The Bertz CT molecular complexity index is 415. The second-order valence-corrected chi connectivity index (χ2v) is 4.24. The Kier molecular flexibility index (Phi) is 5.35. The molecule has 0 spiro atoms. The fraction of sp³-hybridized carbons (Fsp3) is 0.462. The van der Waals surface area contributed by atoms with Crippen molar-refractivity contribution in [3.8, 4) is 0 Å². The number of amides is 1. The molecule has 0 radical (unpaired) electrons. The number of anilines is 1. The highest BCUT2D eigenvalue weighted by Gasteiger charge is 2.31. The lowest BCUT2D eigenvalue weighted by atomic mass is 10.1. The van der Waals surface area contributed by atoms with Crippen LogP contribution >= 0.6 is 0 Å². The molecule has 0 aliphatic rings. The highest BCUT2D eigenvalue weighted by Crippen LogP contribution is 2.21. The summed E-state index contributed by atoms with van der Waals surface area (Å²) in [6.45, 7) is 4.80. The summed E-state index contributed by atoms with van der Waals surface area (Å²) in [7, 11) is 0. The molecule has 0 aliphatic heterocycles. The highest BCUT2D eigenvalue weighted by atomic mass is 19.4. The van der Waals surface area contributed by atoms with Crippen LogP contribution in [0.4, 0.5) is 18.9 Å². The molecule has 1 atom stereocenters. The molecular weight excluding hydrogens is 257 g/mol. The molecule has 19 heavy (non-hydrogen) atoms. The summed E-state index contributed by atoms with van der Waals surface area (Å²) in [5.41, 5.74) is 1.37. The van der Waals surface area contributed by atoms with Gasteiger partial charge in [0.2, 0.25) is 5.91 Å². The lowest BCUT2D eigenvalue weighted by Crippen LogP contribution is -2.21. The zero-order valence-corrected chi connectivity index (χ0v) is 10.8. The molecule has 0 aliphatic carbocycles. The van der Waals surface area contributed by atoms with Gasteiger partial charge in [-0.25, -0.2) is 0 Å². The van der Waals surface area contributed by atoms with Crippen molar-refractivity contribution in [1.29, 1.82) is 0 Å². The van der Waals surface area contributed by atoms with Crippen LogP contribution in [0.15, 0.2) is 24.3 Å². The minimum Gasteiger partial charge on any atom is -0.326 e. The molecule has 6 heteroatoms. The minimum atomic E-state index is -4.48. The third kappa shape index (κ3) is 5.74. The molecule has 0 bridgehead atoms. The number of hydrogen-bond acceptors (Lipinski definition) is 2. The summed E-state index contributed by atoms with van der Waals surface area (Å²) in [6, 6.07) is 6.90. The van der Waals surface area contributed by atoms with E-state index in [1.54, 1.807) is 24.3 Å². The lowest BCUT2D eigenvalue weighted by Gasteiger charge is -2.13. The van der Waals surface area contributed by atoms with Gasteiger partial charge in [0.25, 0.3) is 0 Å². The SMILES string of the molecule is CCNC(C)c1ccc(NC(=O)CC(F)(F)F)cc1. The fourth-order valence-corrected chi connectivity index (χ4v) is 1.67. The van der Waals surface area contributed by atoms with E-state index >= 15 is 0 Å². The first-order valence-corrected chi connectivity index (χ1v) is 6.01. The first kappa shape index (κ1) is 15.5. The van der Waals surface area contributed by atoms with Crippen LogP contribution < -0.4 is 10.6 Å². The van der Waals surface area contributed by atoms with E-state index < -0.39 is 18.5 Å². The molecule has 0 heterocycles. The molecule has 3 nitrogen and oxygen atoms in total. The Hall–Kier alpha value is -1.56. The van der Waals surface area contributed by atoms with Gasteiger partial charge in [0, 0.05) is 11.7 Å². The first-order valence-electron chi connectivity index (χ1n) is 6.01. The van der Waals surface area contributed by atoms with Crippen molar-refractivity contribution in [2.75, 3.05) is 11.9 Å². The second-order valence-electron chi connectivity index (χ2n) is 4.24. The average Bonchev–Trinajstić information content (AvgIpc) is 2.27. The maximum atomic E-state index is 12.0. The number of carbonyl (C=O) groups excluding carboxylic acids is 1. The molecule has 2 N–H and O–H groups in total. The van der Waals surface area contributed by atoms with Gasteiger partial charge in [0.05, 0.1) is 0 Å². The van der Waals surface area contributed by atoms with Crippen molar-refractivity contribution in [2.24, 2.45) is 0 Å². The van der Waals surface area contributed by atoms with Crippen LogP contribution in [0, 0.1) is 0 Å². The highest BCUT2D eigenvalue weighted by molar-refractivity contribution is 5.91. The number of carbonyl (C=O) groups is 1. The van der Waals surface area contributed by atoms with E-state index in [0.717, 1.165) is 12.1 Å². The lowest BCUT2D eigenvalue weighted by molar-refractivity contribution is -0.150. The Labute approximate surface area is 110 Å². The Morgan fingerprint density at radius 1 is 1.26 bits per heavy atom. The van der Waals surface area contributed by atoms with E-state index in [1.807, 2.05) is 13.8 Å². The van der Waals surface area contributed by atoms with Crippen LogP contribution in [0.5, 0.6) is 0 Å². The smallest absolute Gasteiger partial charge is 0.326 e. The standard InChI is InChI=1S/C13H17F3N2O/c1-3-17-9(2)10-4-6-11(7-5-10)18-12(19)8-13(14,15)16/h4-7,9,17H,3,8H2,1-2H3,(H,18,19). The van der Waals surface area contributed by atoms with Crippen LogP contribution in [0.25, 0.3) is 0 Å². The van der Waals surface area contributed by atoms with E-state index in [0.29, 0.717) is 5.69 Å². The van der Waals surface area contributed by atoms with E-state index in [9.17, 15) is 18.0 Å². The molecule has 0 saturated heterocycles. The Morgan fingerprint density at radius 2 is 1.84 bits per heavy atom. The molecule has 1 amide bonds. The number of nitrogens with one attached hydrogen (secondary N) is 2. The van der Waals surface area contributed by atoms with Crippen LogP contribution in [-0.2, 0) is 4.79 Å². The second kappa shape index (κ2) is 6.56. The zero-order valence-electron chi connectivity index (χ0n) is 10.8. The van der Waals surface area contributed by atoms with Crippen molar-refractivity contribution >= 4 is 11.6 Å². The number of alkyl halides is 3. The summed E-state index contributed by atoms with van der Waals surface area (Å²) in [6.07, 6.45) is -5.95.